The molecule has 2 bridgehead atoms. The van der Waals surface area contributed by atoms with E-state index in [2.05, 4.69) is 33.0 Å². The number of nitrogens with zero attached hydrogens (tertiary/aromatic N) is 1. The Morgan fingerprint density at radius 2 is 1.96 bits per heavy atom. The van der Waals surface area contributed by atoms with E-state index in [0.717, 1.165) is 38.5 Å². The van der Waals surface area contributed by atoms with Crippen LogP contribution in [0.1, 0.15) is 76.6 Å². The predicted molar refractivity (Wildman–Crippen MR) is 112 cm³/mol. The van der Waals surface area contributed by atoms with E-state index >= 15 is 0 Å². The molecule has 2 atom stereocenters. The number of unbranched alkanes of at least 4 members (excludes halogenated alkanes) is 2. The summed E-state index contributed by atoms with van der Waals surface area (Å²) in [6.45, 7) is 9.97. The Bertz CT molecular complexity index is 834. The number of amides is 1. The van der Waals surface area contributed by atoms with Crippen molar-refractivity contribution in [2.24, 2.45) is 10.8 Å². The summed E-state index contributed by atoms with van der Waals surface area (Å²) in [5.41, 5.74) is 0.599. The molecule has 2 fully saturated rings. The Kier molecular flexibility index (Phi) is 5.93. The number of nitrogens with one attached hydrogen (secondary N) is 1. The van der Waals surface area contributed by atoms with Crippen LogP contribution >= 0.6 is 0 Å². The highest BCUT2D eigenvalue weighted by Gasteiger charge is 2.53. The van der Waals surface area contributed by atoms with Crippen molar-refractivity contribution in [2.75, 3.05) is 13.1 Å². The molecule has 6 heteroatoms. The zero-order chi connectivity index (χ0) is 20.6. The molecule has 5 nitrogen and oxygen atoms in total. The van der Waals surface area contributed by atoms with Crippen LogP contribution in [0.5, 0.6) is 0 Å². The van der Waals surface area contributed by atoms with Crippen LogP contribution in [0.15, 0.2) is 29.2 Å². The van der Waals surface area contributed by atoms with E-state index in [1.807, 2.05) is 0 Å². The van der Waals surface area contributed by atoms with Gasteiger partial charge in [0.2, 0.25) is 10.0 Å². The van der Waals surface area contributed by atoms with Crippen LogP contribution in [-0.2, 0) is 10.0 Å². The fraction of sp³-hybridized carbons (Fsp3) is 0.682. The average Bonchev–Trinajstić information content (AvgIpc) is 2.88. The number of benzene rings is 1. The van der Waals surface area contributed by atoms with Crippen LogP contribution in [0.3, 0.4) is 0 Å². The van der Waals surface area contributed by atoms with E-state index < -0.39 is 10.0 Å². The first-order chi connectivity index (χ1) is 13.1. The molecule has 0 spiro atoms. The van der Waals surface area contributed by atoms with Gasteiger partial charge in [-0.15, -0.1) is 0 Å². The molecule has 0 aromatic heterocycles. The maximum absolute atomic E-state index is 13.4. The third-order valence-corrected chi connectivity index (χ3v) is 8.03. The van der Waals surface area contributed by atoms with Gasteiger partial charge in [0, 0.05) is 24.7 Å². The maximum Gasteiger partial charge on any atom is 0.251 e. The third-order valence-electron chi connectivity index (χ3n) is 6.14. The van der Waals surface area contributed by atoms with Crippen molar-refractivity contribution in [3.63, 3.8) is 0 Å². The number of hydrogen-bond donors (Lipinski definition) is 1. The van der Waals surface area contributed by atoms with Crippen LogP contribution in [0.4, 0.5) is 0 Å². The highest BCUT2D eigenvalue weighted by Crippen LogP contribution is 2.53. The number of fused-ring (bicyclic) bond motifs is 2. The number of sulfonamides is 1. The second-order valence-corrected chi connectivity index (χ2v) is 11.6. The van der Waals surface area contributed by atoms with Gasteiger partial charge in [0.05, 0.1) is 4.90 Å². The summed E-state index contributed by atoms with van der Waals surface area (Å²) < 4.78 is 28.5. The van der Waals surface area contributed by atoms with E-state index in [4.69, 9.17) is 0 Å². The molecule has 1 aliphatic heterocycles. The lowest BCUT2D eigenvalue weighted by atomic mass is 9.65. The standard InChI is InChI=1S/C22H34N2O3S/c1-5-6-7-11-23-20(25)17-9-8-10-19(12-17)28(26,27)24-16-22(4)14-18(24)13-21(2,3)15-22/h8-10,12,18H,5-7,11,13-16H2,1-4H3,(H,23,25)/t18-,22-/m0/s1. The number of carbonyl (C=O) groups excluding carboxylic acids is 1. The molecule has 1 aromatic carbocycles. The number of hydrogen-bond acceptors (Lipinski definition) is 3. The van der Waals surface area contributed by atoms with Crippen LogP contribution in [-0.4, -0.2) is 37.8 Å². The molecule has 3 rings (SSSR count). The summed E-state index contributed by atoms with van der Waals surface area (Å²) in [5, 5.41) is 2.89. The second kappa shape index (κ2) is 7.79. The molecule has 1 aliphatic carbocycles. The summed E-state index contributed by atoms with van der Waals surface area (Å²) in [5.74, 6) is -0.207. The average molecular weight is 407 g/mol. The van der Waals surface area contributed by atoms with Gasteiger partial charge in [-0.1, -0.05) is 46.6 Å². The minimum absolute atomic E-state index is 0.0355. The molecule has 1 N–H and O–H groups in total. The van der Waals surface area contributed by atoms with Gasteiger partial charge in [0.25, 0.3) is 5.91 Å². The molecule has 1 heterocycles. The molecular formula is C22H34N2O3S. The minimum atomic E-state index is -3.61. The SMILES string of the molecule is CCCCCNC(=O)c1cccc(S(=O)(=O)N2C[C@@]3(C)C[C@@H]2CC(C)(C)C3)c1. The Morgan fingerprint density at radius 1 is 1.21 bits per heavy atom. The first kappa shape index (κ1) is 21.3. The molecule has 1 amide bonds. The quantitative estimate of drug-likeness (QED) is 0.690. The summed E-state index contributed by atoms with van der Waals surface area (Å²) in [7, 11) is -3.61. The third kappa shape index (κ3) is 4.43. The molecule has 156 valence electrons. The summed E-state index contributed by atoms with van der Waals surface area (Å²) in [4.78, 5) is 12.6. The van der Waals surface area contributed by atoms with Gasteiger partial charge in [0.1, 0.15) is 0 Å². The number of rotatable bonds is 7. The fourth-order valence-electron chi connectivity index (χ4n) is 5.30. The highest BCUT2D eigenvalue weighted by atomic mass is 32.2. The lowest BCUT2D eigenvalue weighted by Gasteiger charge is -2.39. The van der Waals surface area contributed by atoms with Crippen molar-refractivity contribution in [3.8, 4) is 0 Å². The van der Waals surface area contributed by atoms with Gasteiger partial charge in [-0.2, -0.15) is 4.31 Å². The van der Waals surface area contributed by atoms with Gasteiger partial charge in [0.15, 0.2) is 0 Å². The van der Waals surface area contributed by atoms with Crippen molar-refractivity contribution < 1.29 is 13.2 Å². The lowest BCUT2D eigenvalue weighted by Crippen LogP contribution is -2.37. The monoisotopic (exact) mass is 406 g/mol. The molecule has 2 aliphatic rings. The van der Waals surface area contributed by atoms with E-state index in [9.17, 15) is 13.2 Å². The molecule has 28 heavy (non-hydrogen) atoms. The Hall–Kier alpha value is -1.40. The van der Waals surface area contributed by atoms with Crippen molar-refractivity contribution in [1.29, 1.82) is 0 Å². The lowest BCUT2D eigenvalue weighted by molar-refractivity contribution is 0.0952. The zero-order valence-corrected chi connectivity index (χ0v) is 18.4. The second-order valence-electron chi connectivity index (χ2n) is 9.75. The fourth-order valence-corrected chi connectivity index (χ4v) is 7.12. The smallest absolute Gasteiger partial charge is 0.251 e. The van der Waals surface area contributed by atoms with Crippen molar-refractivity contribution in [1.82, 2.24) is 9.62 Å². The van der Waals surface area contributed by atoms with Gasteiger partial charge >= 0.3 is 0 Å². The van der Waals surface area contributed by atoms with Gasteiger partial charge in [-0.05, 0) is 54.7 Å². The first-order valence-corrected chi connectivity index (χ1v) is 11.9. The molecule has 0 unspecified atom stereocenters. The van der Waals surface area contributed by atoms with Crippen LogP contribution in [0.2, 0.25) is 0 Å². The molecule has 0 radical (unpaired) electrons. The van der Waals surface area contributed by atoms with Gasteiger partial charge < -0.3 is 5.32 Å². The van der Waals surface area contributed by atoms with E-state index in [0.29, 0.717) is 18.7 Å². The van der Waals surface area contributed by atoms with Gasteiger partial charge in [-0.25, -0.2) is 8.42 Å². The molecule has 1 saturated carbocycles. The summed E-state index contributed by atoms with van der Waals surface area (Å²) in [6.07, 6.45) is 5.95. The largest absolute Gasteiger partial charge is 0.352 e. The van der Waals surface area contributed by atoms with Crippen LogP contribution in [0, 0.1) is 10.8 Å². The van der Waals surface area contributed by atoms with E-state index in [1.54, 1.807) is 22.5 Å². The molecule has 1 aromatic rings. The molecular weight excluding hydrogens is 372 g/mol. The Labute approximate surface area is 169 Å². The predicted octanol–water partition coefficient (Wildman–Crippen LogP) is 4.20. The Morgan fingerprint density at radius 3 is 2.68 bits per heavy atom. The van der Waals surface area contributed by atoms with Crippen molar-refractivity contribution in [3.05, 3.63) is 29.8 Å². The van der Waals surface area contributed by atoms with Crippen molar-refractivity contribution >= 4 is 15.9 Å². The topological polar surface area (TPSA) is 66.5 Å². The number of carbonyl (C=O) groups is 1. The summed E-state index contributed by atoms with van der Waals surface area (Å²) >= 11 is 0. The van der Waals surface area contributed by atoms with E-state index in [-0.39, 0.29) is 27.7 Å². The van der Waals surface area contributed by atoms with Crippen molar-refractivity contribution in [2.45, 2.75) is 77.2 Å². The van der Waals surface area contributed by atoms with Gasteiger partial charge in [-0.3, -0.25) is 4.79 Å². The maximum atomic E-state index is 13.4. The molecule has 1 saturated heterocycles. The van der Waals surface area contributed by atoms with E-state index in [1.165, 1.54) is 6.07 Å². The normalized spacial score (nSPS) is 26.9. The Balaban J connectivity index is 1.79. The van der Waals surface area contributed by atoms with Crippen LogP contribution < -0.4 is 5.32 Å². The van der Waals surface area contributed by atoms with Crippen LogP contribution in [0.25, 0.3) is 0 Å². The summed E-state index contributed by atoms with van der Waals surface area (Å²) in [6, 6.07) is 6.53. The first-order valence-electron chi connectivity index (χ1n) is 10.5. The minimum Gasteiger partial charge on any atom is -0.352 e. The zero-order valence-electron chi connectivity index (χ0n) is 17.6. The highest BCUT2D eigenvalue weighted by molar-refractivity contribution is 7.89.